The van der Waals surface area contributed by atoms with Crippen molar-refractivity contribution >= 4 is 39.3 Å². The minimum absolute atomic E-state index is 0.114. The Hall–Kier alpha value is -0.630. The topological polar surface area (TPSA) is 38.1 Å². The summed E-state index contributed by atoms with van der Waals surface area (Å²) >= 11 is 2.31. The predicted octanol–water partition coefficient (Wildman–Crippen LogP) is 2.56. The Bertz CT molecular complexity index is 556. The van der Waals surface area contributed by atoms with Gasteiger partial charge in [0.2, 0.25) is 0 Å². The number of rotatable bonds is 2. The van der Waals surface area contributed by atoms with Crippen LogP contribution in [0.15, 0.2) is 24.4 Å². The second kappa shape index (κ2) is 5.62. The van der Waals surface area contributed by atoms with E-state index in [1.165, 1.54) is 0 Å². The third kappa shape index (κ3) is 2.54. The molecule has 2 rings (SSSR count). The van der Waals surface area contributed by atoms with E-state index < -0.39 is 0 Å². The summed E-state index contributed by atoms with van der Waals surface area (Å²) < 4.78 is 1.97. The first kappa shape index (κ1) is 11.8. The van der Waals surface area contributed by atoms with Crippen molar-refractivity contribution in [1.29, 1.82) is 0 Å². The van der Waals surface area contributed by atoms with Crippen molar-refractivity contribution in [2.75, 3.05) is 6.61 Å². The van der Waals surface area contributed by atoms with E-state index in [9.17, 15) is 0 Å². The molecule has 2 aromatic rings. The molecule has 1 heterocycles. The molecule has 1 aromatic heterocycles. The van der Waals surface area contributed by atoms with Crippen LogP contribution >= 0.6 is 28.4 Å². The minimum atomic E-state index is 0.114. The van der Waals surface area contributed by atoms with Crippen LogP contribution in [-0.2, 0) is 0 Å². The van der Waals surface area contributed by atoms with Crippen molar-refractivity contribution in [3.63, 3.8) is 0 Å². The fourth-order valence-corrected chi connectivity index (χ4v) is 2.95. The largest absolute Gasteiger partial charge is 0.395 e. The van der Waals surface area contributed by atoms with Crippen molar-refractivity contribution in [2.24, 2.45) is 0 Å². The maximum atomic E-state index is 8.64. The Labute approximate surface area is 109 Å². The number of aromatic nitrogens is 2. The molecule has 1 unspecified atom stereocenters. The van der Waals surface area contributed by atoms with Gasteiger partial charge >= 0.3 is 0 Å². The van der Waals surface area contributed by atoms with E-state index in [4.69, 9.17) is 5.11 Å². The summed E-state index contributed by atoms with van der Waals surface area (Å²) in [5.41, 5.74) is 2.11. The molecule has 0 saturated carbocycles. The Morgan fingerprint density at radius 2 is 2.38 bits per heavy atom. The van der Waals surface area contributed by atoms with Gasteiger partial charge in [-0.1, -0.05) is 11.8 Å². The lowest BCUT2D eigenvalue weighted by molar-refractivity contribution is 0.305. The Kier molecular flexibility index (Phi) is 4.16. The zero-order valence-corrected chi connectivity index (χ0v) is 11.6. The number of benzene rings is 1. The van der Waals surface area contributed by atoms with E-state index in [0.29, 0.717) is 12.8 Å². The van der Waals surface area contributed by atoms with Crippen LogP contribution in [-0.4, -0.2) is 21.3 Å². The number of hydrogen-bond acceptors (Lipinski definition) is 2. The molecule has 5 heteroatoms. The molecule has 0 aliphatic rings. The van der Waals surface area contributed by atoms with Gasteiger partial charge in [0.25, 0.3) is 0 Å². The molecule has 0 aliphatic heterocycles. The van der Waals surface area contributed by atoms with Crippen LogP contribution < -0.4 is 0 Å². The van der Waals surface area contributed by atoms with Gasteiger partial charge in [-0.05, 0) is 40.2 Å². The quantitative estimate of drug-likeness (QED) is 0.517. The summed E-state index contributed by atoms with van der Waals surface area (Å²) in [6.45, 7) is 0.114. The van der Waals surface area contributed by atoms with Gasteiger partial charge in [-0.2, -0.15) is 5.10 Å². The van der Waals surface area contributed by atoms with Gasteiger partial charge in [-0.15, -0.1) is 0 Å². The van der Waals surface area contributed by atoms with Gasteiger partial charge in [-0.3, -0.25) is 0 Å². The monoisotopic (exact) mass is 344 g/mol. The highest BCUT2D eigenvalue weighted by molar-refractivity contribution is 14.2. The number of aliphatic hydroxyl groups excluding tert-OH is 1. The molecule has 1 aromatic carbocycles. The van der Waals surface area contributed by atoms with E-state index in [1.54, 1.807) is 0 Å². The molecule has 0 amide bonds. The summed E-state index contributed by atoms with van der Waals surface area (Å²) in [7, 11) is 0. The number of nitrogens with zero attached hydrogens (tertiary/aromatic N) is 2. The molecule has 0 fully saturated rings. The third-order valence-corrected chi connectivity index (χ3v) is 4.00. The van der Waals surface area contributed by atoms with Crippen LogP contribution in [0, 0.1) is 11.8 Å². The summed E-state index contributed by atoms with van der Waals surface area (Å²) in [5, 5.41) is 14.0. The molecule has 0 aliphatic carbocycles. The van der Waals surface area contributed by atoms with Crippen LogP contribution in [0.5, 0.6) is 0 Å². The summed E-state index contributed by atoms with van der Waals surface area (Å²) in [6, 6.07) is 6.05. The van der Waals surface area contributed by atoms with Crippen LogP contribution in [0.25, 0.3) is 10.9 Å². The van der Waals surface area contributed by atoms with Gasteiger partial charge in [-0.25, -0.2) is 4.45 Å². The first-order valence-corrected chi connectivity index (χ1v) is 8.85. The summed E-state index contributed by atoms with van der Waals surface area (Å²) in [6.07, 6.45) is 2.99. The number of aliphatic hydroxyl groups is 1. The van der Waals surface area contributed by atoms with E-state index in [-0.39, 0.29) is 6.61 Å². The molecular formula is C11H10IN2OP. The van der Waals surface area contributed by atoms with Gasteiger partial charge in [0, 0.05) is 17.4 Å². The zero-order chi connectivity index (χ0) is 11.4. The maximum Gasteiger partial charge on any atom is 0.0730 e. The molecule has 0 spiro atoms. The zero-order valence-electron chi connectivity index (χ0n) is 8.44. The van der Waals surface area contributed by atoms with Gasteiger partial charge in [0.15, 0.2) is 0 Å². The summed E-state index contributed by atoms with van der Waals surface area (Å²) in [4.78, 5) is 0. The van der Waals surface area contributed by atoms with E-state index >= 15 is 0 Å². The molecule has 3 nitrogen and oxygen atoms in total. The highest BCUT2D eigenvalue weighted by Crippen LogP contribution is 2.28. The lowest BCUT2D eigenvalue weighted by Crippen LogP contribution is -1.82. The second-order valence-corrected chi connectivity index (χ2v) is 5.23. The standard InChI is InChI=1S/C11H10IN2OP/c12-16-14-11-5-4-9(3-1-2-6-15)7-10(11)8-13-14/h4-5,7-8,15-16H,2,6H2. The Morgan fingerprint density at radius 1 is 1.50 bits per heavy atom. The fraction of sp³-hybridized carbons (Fsp3) is 0.182. The summed E-state index contributed by atoms with van der Waals surface area (Å²) in [5.74, 6) is 5.93. The van der Waals surface area contributed by atoms with Crippen molar-refractivity contribution in [3.8, 4) is 11.8 Å². The Morgan fingerprint density at radius 3 is 3.12 bits per heavy atom. The van der Waals surface area contributed by atoms with Gasteiger partial charge in [0.05, 0.1) is 24.7 Å². The van der Waals surface area contributed by atoms with Crippen molar-refractivity contribution in [1.82, 2.24) is 9.55 Å². The van der Waals surface area contributed by atoms with E-state index in [2.05, 4.69) is 39.0 Å². The Balaban J connectivity index is 2.35. The van der Waals surface area contributed by atoms with Crippen LogP contribution in [0.4, 0.5) is 0 Å². The van der Waals surface area contributed by atoms with Crippen LogP contribution in [0.1, 0.15) is 12.0 Å². The first-order chi connectivity index (χ1) is 7.85. The number of hydrogen-bond donors (Lipinski definition) is 1. The third-order valence-electron chi connectivity index (χ3n) is 2.12. The molecule has 0 bridgehead atoms. The van der Waals surface area contributed by atoms with Crippen molar-refractivity contribution in [2.45, 2.75) is 6.42 Å². The molecule has 0 radical (unpaired) electrons. The first-order valence-electron chi connectivity index (χ1n) is 4.79. The average Bonchev–Trinajstić information content (AvgIpc) is 2.71. The van der Waals surface area contributed by atoms with Crippen LogP contribution in [0.2, 0.25) is 0 Å². The highest BCUT2D eigenvalue weighted by atomic mass is 127. The molecule has 0 saturated heterocycles. The van der Waals surface area contributed by atoms with Gasteiger partial charge in [0.1, 0.15) is 0 Å². The predicted molar refractivity (Wildman–Crippen MR) is 76.0 cm³/mol. The van der Waals surface area contributed by atoms with Gasteiger partial charge < -0.3 is 5.11 Å². The molecule has 1 atom stereocenters. The lowest BCUT2D eigenvalue weighted by atomic mass is 10.1. The maximum absolute atomic E-state index is 8.64. The minimum Gasteiger partial charge on any atom is -0.395 e. The number of fused-ring (bicyclic) bond motifs is 1. The molecule has 16 heavy (non-hydrogen) atoms. The van der Waals surface area contributed by atoms with Crippen molar-refractivity contribution in [3.05, 3.63) is 30.0 Å². The fourth-order valence-electron chi connectivity index (χ4n) is 1.40. The van der Waals surface area contributed by atoms with E-state index in [0.717, 1.165) is 16.5 Å². The van der Waals surface area contributed by atoms with Crippen LogP contribution in [0.3, 0.4) is 0 Å². The SMILES string of the molecule is OCCC#Cc1ccc2c(cnn2PI)c1. The molecule has 1 N–H and O–H groups in total. The highest BCUT2D eigenvalue weighted by Gasteiger charge is 2.01. The molecule has 82 valence electrons. The number of halogens is 1. The average molecular weight is 344 g/mol. The lowest BCUT2D eigenvalue weighted by Gasteiger charge is -1.96. The molecular weight excluding hydrogens is 334 g/mol. The normalized spacial score (nSPS) is 10.9. The van der Waals surface area contributed by atoms with Crippen molar-refractivity contribution < 1.29 is 5.11 Å². The second-order valence-electron chi connectivity index (χ2n) is 3.19. The van der Waals surface area contributed by atoms with E-state index in [1.807, 2.05) is 28.8 Å². The smallest absolute Gasteiger partial charge is 0.0730 e.